The fourth-order valence-corrected chi connectivity index (χ4v) is 8.39. The number of alkyl halides is 1. The van der Waals surface area contributed by atoms with E-state index in [-0.39, 0.29) is 107 Å². The van der Waals surface area contributed by atoms with Crippen molar-refractivity contribution >= 4 is 135 Å². The predicted octanol–water partition coefficient (Wildman–Crippen LogP) is 1.63. The van der Waals surface area contributed by atoms with Gasteiger partial charge in [-0.15, -0.1) is 0 Å². The maximum absolute atomic E-state index is 11.6. The van der Waals surface area contributed by atoms with Crippen molar-refractivity contribution in [2.75, 3.05) is 77.3 Å². The Hall–Kier alpha value is -7.04. The van der Waals surface area contributed by atoms with Crippen LogP contribution < -0.4 is 108 Å². The number of carbonyl (C=O) groups excluding carboxylic acids is 11. The minimum atomic E-state index is -1.08. The molecule has 129 heavy (non-hydrogen) atoms. The van der Waals surface area contributed by atoms with Gasteiger partial charge in [-0.05, 0) is 294 Å². The first-order valence-electron chi connectivity index (χ1n) is 41.2. The van der Waals surface area contributed by atoms with Crippen LogP contribution in [0.1, 0.15) is 285 Å². The Kier molecular flexibility index (Phi) is 109. The van der Waals surface area contributed by atoms with Gasteiger partial charge in [-0.3, -0.25) is 24.1 Å². The number of unbranched alkanes of at least 4 members (excludes halogenated alkanes) is 5. The van der Waals surface area contributed by atoms with Crippen molar-refractivity contribution in [3.05, 3.63) is 0 Å². The largest absolute Gasteiger partial charge is 1.00 e. The van der Waals surface area contributed by atoms with Crippen molar-refractivity contribution in [1.29, 1.82) is 0 Å². The summed E-state index contributed by atoms with van der Waals surface area (Å²) in [6.45, 7) is 54.6. The number of rotatable bonds is 42. The molecule has 0 aromatic rings. The van der Waals surface area contributed by atoms with E-state index in [1.54, 1.807) is 109 Å². The van der Waals surface area contributed by atoms with Crippen LogP contribution in [0.2, 0.25) is 0 Å². The van der Waals surface area contributed by atoms with Crippen LogP contribution in [0.4, 0.5) is 19.2 Å². The van der Waals surface area contributed by atoms with Crippen LogP contribution in [-0.4, -0.2) is 301 Å². The van der Waals surface area contributed by atoms with E-state index in [0.29, 0.717) is 64.6 Å². The Morgan fingerprint density at radius 1 is 0.419 bits per heavy atom. The summed E-state index contributed by atoms with van der Waals surface area (Å²) in [7, 11) is 0. The number of nitrogens with zero attached hydrogens (tertiary/aromatic N) is 2. The number of carboxylic acid groups (broad SMARTS) is 7. The Balaban J connectivity index is -0.0000000894. The zero-order valence-corrected chi connectivity index (χ0v) is 88.1. The number of hydrogen-bond acceptors (Lipinski definition) is 32. The Labute approximate surface area is 823 Å². The number of halogens is 1. The molecule has 6 radical (unpaired) electrons. The number of likely N-dealkylation sites (N-methyl/N-ethyl adjacent to an activating group) is 1. The van der Waals surface area contributed by atoms with Crippen molar-refractivity contribution < 1.29 is 216 Å². The first-order chi connectivity index (χ1) is 57.1. The molecule has 744 valence electrons. The number of ether oxygens (including phenoxy) is 6. The second-order valence-corrected chi connectivity index (χ2v) is 33.2. The second kappa shape index (κ2) is 91.5. The van der Waals surface area contributed by atoms with Gasteiger partial charge in [-0.2, -0.15) is 0 Å². The molecule has 4 amide bonds. The fraction of sp³-hybridized carbons (Fsp3) is 0.793. The van der Waals surface area contributed by atoms with Crippen molar-refractivity contribution in [1.82, 2.24) is 41.7 Å². The average molecular weight is 1940 g/mol. The van der Waals surface area contributed by atoms with E-state index in [2.05, 4.69) is 81.1 Å². The van der Waals surface area contributed by atoms with Crippen molar-refractivity contribution in [2.24, 2.45) is 11.5 Å². The van der Waals surface area contributed by atoms with Crippen LogP contribution in [0, 0.1) is 0 Å². The summed E-state index contributed by atoms with van der Waals surface area (Å²) in [5.74, 6) is -9.38. The topological polar surface area (TPSA) is 639 Å². The molecule has 47 heteroatoms. The third kappa shape index (κ3) is 139. The zero-order chi connectivity index (χ0) is 100. The maximum Gasteiger partial charge on any atom is 1.00 e. The average Bonchev–Trinajstić information content (AvgIpc) is 0.914. The number of aliphatic carboxylic acids is 7. The SMILES string of the molecule is CC(=O)OOC(C)=O.CC(=O)[O-].CC(C)(C)OC(=O)C=O.CC(C)(C)OC(=O)CBr.CC(C)(C)OC(=O)N[C@H](CCCCN)C(=O)O.CC=O.CCN(CC)CCCC[C@@H](NC(=O)OC(C)(C)C)C(=O)O.CCN(CCCC[C@H](N)C(=O)O)CC(=O)O.CCNCCCC[C@@H](NC(=O)OC(C)(C)C)C(=O)O.CCNCCCC[C@H](NC(=O)OC(C)(C)C)C(=O)O.[B].[B].[H-].[Na+].[Na+]. The van der Waals surface area contributed by atoms with Crippen molar-refractivity contribution in [3.63, 3.8) is 0 Å². The molecule has 16 N–H and O–H groups in total. The standard InChI is InChI=1S/C15H30N2O4.2C13H26N2O4.C11H22N2O4.C10H20N2O4.C6H11BrO2.C6H10O3.C4H6O4.C2H4O2.C2H4O.2B.2Na.H/c1-6-17(7-2)11-9-8-10-12(13(18)19)16-14(20)21-15(3,4)5;2*1-5-14-9-7-6-8-10(11(16)17)15-12(18)19-13(2,3)4;1-11(2,3)17-10(16)13-8(9(14)15)6-4-5-7-12;1-2-12(7-9(13)14)6-4-3-5-8(11)10(15)16;2*1-6(2,3)9-5(8)4-7;1-3(5)7-8-4(2)6;1-2(3)4;1-2-3;;;;;/h12H,6-11H2,1-5H3,(H,16,20)(H,18,19);2*10,14H,5-9H2,1-4H3,(H,15,18)(H,16,17);8H,4-7,12H2,1-3H3,(H,13,16)(H,14,15);8H,2-7,11H2,1H3,(H,13,14)(H,15,16);4H2,1-3H3;4H,1-3H3;1-2H3;1H3,(H,3,4);2H,1H3;;;;;/q;;;;;;;;;;;;2*+1;-1/p-1/t12-;2*10-;2*8-;;;;;;;;;;/m11010........../s1. The van der Waals surface area contributed by atoms with Gasteiger partial charge < -0.3 is 123 Å². The molecule has 0 aliphatic rings. The van der Waals surface area contributed by atoms with Crippen LogP contribution in [0.15, 0.2) is 0 Å². The van der Waals surface area contributed by atoms with E-state index in [0.717, 1.165) is 124 Å². The molecule has 0 rings (SSSR count). The molecule has 0 aromatic carbocycles. The van der Waals surface area contributed by atoms with Crippen molar-refractivity contribution in [2.45, 2.75) is 347 Å². The molecule has 0 aliphatic heterocycles. The molecule has 0 saturated carbocycles. The number of hydrogen-bond donors (Lipinski definition) is 14. The third-order valence-corrected chi connectivity index (χ3v) is 13.8. The van der Waals surface area contributed by atoms with Gasteiger partial charge in [0.1, 0.15) is 75.4 Å². The van der Waals surface area contributed by atoms with Crippen LogP contribution in [0.3, 0.4) is 0 Å². The quantitative estimate of drug-likeness (QED) is 0.00475. The minimum absolute atomic E-state index is 0. The zero-order valence-electron chi connectivity index (χ0n) is 83.5. The number of carbonyl (C=O) groups is 17. The summed E-state index contributed by atoms with van der Waals surface area (Å²) in [5.41, 5.74) is 7.22. The summed E-state index contributed by atoms with van der Waals surface area (Å²) >= 11 is 2.99. The van der Waals surface area contributed by atoms with Crippen LogP contribution in [0.5, 0.6) is 0 Å². The van der Waals surface area contributed by atoms with E-state index in [4.69, 9.17) is 80.5 Å². The molecular weight excluding hydrogens is 1780 g/mol. The number of amides is 4. The summed E-state index contributed by atoms with van der Waals surface area (Å²) in [5, 5.41) is 78.3. The molecule has 0 aliphatic carbocycles. The molecule has 0 heterocycles. The molecule has 0 bridgehead atoms. The van der Waals surface area contributed by atoms with E-state index >= 15 is 0 Å². The van der Waals surface area contributed by atoms with E-state index in [1.807, 2.05) is 41.5 Å². The third-order valence-electron chi connectivity index (χ3n) is 13.4. The minimum Gasteiger partial charge on any atom is -1.00 e. The van der Waals surface area contributed by atoms with Crippen LogP contribution in [0.25, 0.3) is 0 Å². The normalized spacial score (nSPS) is 11.5. The molecule has 0 unspecified atom stereocenters. The molecule has 0 spiro atoms. The number of aldehydes is 2. The van der Waals surface area contributed by atoms with E-state index < -0.39 is 142 Å². The van der Waals surface area contributed by atoms with Crippen molar-refractivity contribution in [3.8, 4) is 0 Å². The molecule has 0 aromatic heterocycles. The summed E-state index contributed by atoms with van der Waals surface area (Å²) < 4.78 is 29.6. The van der Waals surface area contributed by atoms with E-state index in [1.165, 1.54) is 6.92 Å². The van der Waals surface area contributed by atoms with E-state index in [9.17, 15) is 71.9 Å². The van der Waals surface area contributed by atoms with Gasteiger partial charge in [0.25, 0.3) is 0 Å². The van der Waals surface area contributed by atoms with Crippen LogP contribution >= 0.6 is 15.9 Å². The smallest absolute Gasteiger partial charge is 1.00 e. The number of alkyl carbamates (subject to hydrolysis) is 4. The molecule has 5 atom stereocenters. The number of esters is 2. The predicted molar refractivity (Wildman–Crippen MR) is 482 cm³/mol. The fourth-order valence-electron chi connectivity index (χ4n) is 8.27. The van der Waals surface area contributed by atoms with Gasteiger partial charge in [0.2, 0.25) is 6.29 Å². The van der Waals surface area contributed by atoms with Gasteiger partial charge in [0, 0.05) is 36.6 Å². The Bertz CT molecular complexity index is 2940. The number of nitrogens with one attached hydrogen (secondary N) is 6. The Morgan fingerprint density at radius 2 is 0.667 bits per heavy atom. The molecule has 0 saturated heterocycles. The molecule has 42 nitrogen and oxygen atoms in total. The summed E-state index contributed by atoms with van der Waals surface area (Å²) in [6.07, 6.45) is 7.90. The molecule has 0 fully saturated rings. The van der Waals surface area contributed by atoms with Gasteiger partial charge in [-0.1, -0.05) is 57.0 Å². The van der Waals surface area contributed by atoms with Gasteiger partial charge >= 0.3 is 143 Å². The first kappa shape index (κ1) is 153. The number of nitrogens with two attached hydrogens (primary N) is 2. The summed E-state index contributed by atoms with van der Waals surface area (Å²) in [6, 6.07) is -4.41. The second-order valence-electron chi connectivity index (χ2n) is 32.6. The number of carboxylic acids is 7. The van der Waals surface area contributed by atoms with Gasteiger partial charge in [0.15, 0.2) is 0 Å². The van der Waals surface area contributed by atoms with Gasteiger partial charge in [-0.25, -0.2) is 62.5 Å². The first-order valence-corrected chi connectivity index (χ1v) is 42.3. The molecular formula is C82H159B2BrN10Na2O32. The summed E-state index contributed by atoms with van der Waals surface area (Å²) in [4.78, 5) is 191. The monoisotopic (exact) mass is 1940 g/mol. The van der Waals surface area contributed by atoms with Gasteiger partial charge in [0.05, 0.1) is 6.54 Å². The van der Waals surface area contributed by atoms with Crippen LogP contribution in [-0.2, 0) is 101 Å². The maximum atomic E-state index is 11.6. The Morgan fingerprint density at radius 3 is 0.853 bits per heavy atom.